The second-order valence-electron chi connectivity index (χ2n) is 7.77. The summed E-state index contributed by atoms with van der Waals surface area (Å²) in [6.07, 6.45) is 2.00. The Morgan fingerprint density at radius 3 is 2.59 bits per heavy atom. The average molecular weight is 496 g/mol. The van der Waals surface area contributed by atoms with Gasteiger partial charge in [-0.3, -0.25) is 9.59 Å². The summed E-state index contributed by atoms with van der Waals surface area (Å²) < 4.78 is 15.1. The third-order valence-corrected chi connectivity index (χ3v) is 6.76. The molecule has 0 saturated carbocycles. The van der Waals surface area contributed by atoms with Crippen LogP contribution in [0.2, 0.25) is 5.02 Å². The number of rotatable bonds is 8. The number of nitrogens with zero attached hydrogens (tertiary/aromatic N) is 1. The number of carbonyl (C=O) groups excluding carboxylic acids is 2. The first-order chi connectivity index (χ1) is 16.4. The molecule has 0 bridgehead atoms. The van der Waals surface area contributed by atoms with E-state index in [1.165, 1.54) is 36.0 Å². The SMILES string of the molecule is Cc1ccc(NC(=O)CSc2cn(CCNC(=O)c3ccc(F)cc3)c3ccccc23)cc1Cl. The highest BCUT2D eigenvalue weighted by Crippen LogP contribution is 2.30. The van der Waals surface area contributed by atoms with Gasteiger partial charge in [-0.25, -0.2) is 4.39 Å². The summed E-state index contributed by atoms with van der Waals surface area (Å²) in [4.78, 5) is 25.7. The van der Waals surface area contributed by atoms with E-state index in [9.17, 15) is 14.0 Å². The Morgan fingerprint density at radius 2 is 1.82 bits per heavy atom. The number of benzene rings is 3. The number of fused-ring (bicyclic) bond motifs is 1. The van der Waals surface area contributed by atoms with Crippen LogP contribution in [-0.4, -0.2) is 28.7 Å². The molecular weight excluding hydrogens is 473 g/mol. The fourth-order valence-electron chi connectivity index (χ4n) is 3.52. The molecule has 0 radical (unpaired) electrons. The molecule has 0 unspecified atom stereocenters. The number of halogens is 2. The smallest absolute Gasteiger partial charge is 0.251 e. The summed E-state index contributed by atoms with van der Waals surface area (Å²) in [6.45, 7) is 2.88. The molecular formula is C26H23ClFN3O2S. The van der Waals surface area contributed by atoms with Crippen LogP contribution in [0.1, 0.15) is 15.9 Å². The van der Waals surface area contributed by atoms with E-state index in [0.717, 1.165) is 21.4 Å². The van der Waals surface area contributed by atoms with E-state index >= 15 is 0 Å². The predicted octanol–water partition coefficient (Wildman–Crippen LogP) is 5.90. The first-order valence-electron chi connectivity index (χ1n) is 10.7. The molecule has 1 heterocycles. The third-order valence-electron chi connectivity index (χ3n) is 5.31. The van der Waals surface area contributed by atoms with Crippen LogP contribution < -0.4 is 10.6 Å². The van der Waals surface area contributed by atoms with Crippen LogP contribution in [0.4, 0.5) is 10.1 Å². The van der Waals surface area contributed by atoms with Gasteiger partial charge in [-0.05, 0) is 55.0 Å². The Bertz CT molecular complexity index is 1340. The molecule has 0 spiro atoms. The van der Waals surface area contributed by atoms with Crippen LogP contribution in [0.3, 0.4) is 0 Å². The van der Waals surface area contributed by atoms with Crippen molar-refractivity contribution >= 4 is 51.8 Å². The van der Waals surface area contributed by atoms with E-state index in [0.29, 0.717) is 29.4 Å². The molecule has 0 saturated heterocycles. The van der Waals surface area contributed by atoms with Crippen molar-refractivity contribution in [2.45, 2.75) is 18.4 Å². The second-order valence-corrected chi connectivity index (χ2v) is 9.19. The summed E-state index contributed by atoms with van der Waals surface area (Å²) in [7, 11) is 0. The van der Waals surface area contributed by atoms with E-state index in [2.05, 4.69) is 15.2 Å². The quantitative estimate of drug-likeness (QED) is 0.299. The number of carbonyl (C=O) groups is 2. The number of anilines is 1. The molecule has 1 aromatic heterocycles. The number of thioether (sulfide) groups is 1. The predicted molar refractivity (Wildman–Crippen MR) is 136 cm³/mol. The lowest BCUT2D eigenvalue weighted by atomic mass is 10.2. The van der Waals surface area contributed by atoms with Gasteiger partial charge >= 0.3 is 0 Å². The maximum absolute atomic E-state index is 13.1. The number of amides is 2. The van der Waals surface area contributed by atoms with Crippen molar-refractivity contribution in [3.8, 4) is 0 Å². The Morgan fingerprint density at radius 1 is 1.06 bits per heavy atom. The lowest BCUT2D eigenvalue weighted by Gasteiger charge is -2.08. The van der Waals surface area contributed by atoms with Crippen LogP contribution in [-0.2, 0) is 11.3 Å². The fourth-order valence-corrected chi connectivity index (χ4v) is 4.59. The first kappa shape index (κ1) is 23.9. The number of aromatic nitrogens is 1. The van der Waals surface area contributed by atoms with E-state index in [-0.39, 0.29) is 23.4 Å². The maximum atomic E-state index is 13.1. The Hall–Kier alpha value is -3.29. The zero-order chi connectivity index (χ0) is 24.1. The van der Waals surface area contributed by atoms with Gasteiger partial charge in [0.25, 0.3) is 5.91 Å². The monoisotopic (exact) mass is 495 g/mol. The van der Waals surface area contributed by atoms with Crippen LogP contribution in [0.25, 0.3) is 10.9 Å². The number of nitrogens with one attached hydrogen (secondary N) is 2. The zero-order valence-corrected chi connectivity index (χ0v) is 20.0. The van der Waals surface area contributed by atoms with Gasteiger partial charge in [0.05, 0.1) is 5.75 Å². The van der Waals surface area contributed by atoms with Crippen LogP contribution in [0, 0.1) is 12.7 Å². The van der Waals surface area contributed by atoms with E-state index in [1.807, 2.05) is 49.5 Å². The molecule has 0 atom stereocenters. The molecule has 5 nitrogen and oxygen atoms in total. The fraction of sp³-hybridized carbons (Fsp3) is 0.154. The summed E-state index contributed by atoms with van der Waals surface area (Å²) in [5.41, 5.74) is 3.05. The summed E-state index contributed by atoms with van der Waals surface area (Å²) in [6, 6.07) is 18.8. The van der Waals surface area contributed by atoms with Gasteiger partial charge in [0.1, 0.15) is 5.82 Å². The largest absolute Gasteiger partial charge is 0.350 e. The topological polar surface area (TPSA) is 63.1 Å². The number of para-hydroxylation sites is 1. The van der Waals surface area contributed by atoms with E-state index in [4.69, 9.17) is 11.6 Å². The first-order valence-corrected chi connectivity index (χ1v) is 12.1. The Labute approximate surface area is 206 Å². The van der Waals surface area contributed by atoms with Crippen molar-refractivity contribution in [3.05, 3.63) is 94.9 Å². The van der Waals surface area contributed by atoms with Crippen molar-refractivity contribution in [1.29, 1.82) is 0 Å². The summed E-state index contributed by atoms with van der Waals surface area (Å²) >= 11 is 7.59. The van der Waals surface area contributed by atoms with Crippen molar-refractivity contribution in [2.75, 3.05) is 17.6 Å². The normalized spacial score (nSPS) is 10.9. The highest BCUT2D eigenvalue weighted by Gasteiger charge is 2.12. The van der Waals surface area contributed by atoms with Gasteiger partial charge in [0.15, 0.2) is 0 Å². The van der Waals surface area contributed by atoms with Gasteiger partial charge < -0.3 is 15.2 Å². The van der Waals surface area contributed by atoms with Crippen molar-refractivity contribution in [1.82, 2.24) is 9.88 Å². The second kappa shape index (κ2) is 10.8. The molecule has 2 N–H and O–H groups in total. The number of hydrogen-bond acceptors (Lipinski definition) is 3. The highest BCUT2D eigenvalue weighted by atomic mass is 35.5. The molecule has 0 fully saturated rings. The van der Waals surface area contributed by atoms with Crippen LogP contribution >= 0.6 is 23.4 Å². The average Bonchev–Trinajstić information content (AvgIpc) is 3.18. The molecule has 0 aliphatic rings. The molecule has 174 valence electrons. The molecule has 2 amide bonds. The summed E-state index contributed by atoms with van der Waals surface area (Å²) in [5.74, 6) is -0.496. The van der Waals surface area contributed by atoms with Gasteiger partial charge in [-0.1, -0.05) is 35.9 Å². The highest BCUT2D eigenvalue weighted by molar-refractivity contribution is 8.00. The zero-order valence-electron chi connectivity index (χ0n) is 18.5. The minimum Gasteiger partial charge on any atom is -0.350 e. The third kappa shape index (κ3) is 5.79. The van der Waals surface area contributed by atoms with Crippen molar-refractivity contribution < 1.29 is 14.0 Å². The van der Waals surface area contributed by atoms with Crippen molar-refractivity contribution in [3.63, 3.8) is 0 Å². The minimum absolute atomic E-state index is 0.117. The molecule has 3 aromatic carbocycles. The Kier molecular flexibility index (Phi) is 7.55. The molecule has 4 rings (SSSR count). The number of hydrogen-bond donors (Lipinski definition) is 2. The lowest BCUT2D eigenvalue weighted by molar-refractivity contribution is -0.113. The summed E-state index contributed by atoms with van der Waals surface area (Å²) in [5, 5.41) is 7.40. The van der Waals surface area contributed by atoms with Gasteiger partial charge in [0, 0.05) is 51.4 Å². The van der Waals surface area contributed by atoms with Crippen molar-refractivity contribution in [2.24, 2.45) is 0 Å². The minimum atomic E-state index is -0.378. The molecule has 34 heavy (non-hydrogen) atoms. The molecule has 0 aliphatic carbocycles. The van der Waals surface area contributed by atoms with Gasteiger partial charge in [-0.2, -0.15) is 0 Å². The van der Waals surface area contributed by atoms with Crippen LogP contribution in [0.15, 0.2) is 77.8 Å². The van der Waals surface area contributed by atoms with Gasteiger partial charge in [-0.15, -0.1) is 11.8 Å². The molecule has 0 aliphatic heterocycles. The lowest BCUT2D eigenvalue weighted by Crippen LogP contribution is -2.27. The Balaban J connectivity index is 1.38. The molecule has 4 aromatic rings. The van der Waals surface area contributed by atoms with Gasteiger partial charge in [0.2, 0.25) is 5.91 Å². The van der Waals surface area contributed by atoms with E-state index in [1.54, 1.807) is 6.07 Å². The van der Waals surface area contributed by atoms with E-state index < -0.39 is 0 Å². The standard InChI is InChI=1S/C26H23ClFN3O2S/c1-17-6-11-20(14-22(17)27)30-25(32)16-34-24-15-31(23-5-3-2-4-21(23)24)13-12-29-26(33)18-7-9-19(28)10-8-18/h2-11,14-15H,12-13,16H2,1H3,(H,29,33)(H,30,32). The molecule has 8 heteroatoms. The number of aryl methyl sites for hydroxylation is 1. The van der Waals surface area contributed by atoms with Crippen LogP contribution in [0.5, 0.6) is 0 Å². The maximum Gasteiger partial charge on any atom is 0.251 e.